The van der Waals surface area contributed by atoms with Crippen LogP contribution in [-0.2, 0) is 16.6 Å². The standard InChI is InChI=1S/C14H24N2O3S/c1-3-5-7-13(6-4-2)16-20(18,19)14-9-8-12(11-17)10-15-14/h8-10,13,16-17H,3-7,11H2,1-2H3. The molecule has 0 aliphatic rings. The minimum Gasteiger partial charge on any atom is -0.392 e. The molecule has 2 N–H and O–H groups in total. The van der Waals surface area contributed by atoms with Crippen molar-refractivity contribution in [1.82, 2.24) is 9.71 Å². The van der Waals surface area contributed by atoms with Gasteiger partial charge >= 0.3 is 0 Å². The molecule has 1 aromatic heterocycles. The molecular weight excluding hydrogens is 276 g/mol. The molecule has 1 unspecified atom stereocenters. The Kier molecular flexibility index (Phi) is 7.12. The number of pyridine rings is 1. The van der Waals surface area contributed by atoms with Crippen LogP contribution in [0.2, 0.25) is 0 Å². The summed E-state index contributed by atoms with van der Waals surface area (Å²) in [5, 5.41) is 8.95. The summed E-state index contributed by atoms with van der Waals surface area (Å²) >= 11 is 0. The average molecular weight is 300 g/mol. The highest BCUT2D eigenvalue weighted by Crippen LogP contribution is 2.12. The molecule has 0 aliphatic heterocycles. The third-order valence-electron chi connectivity index (χ3n) is 3.12. The van der Waals surface area contributed by atoms with Crippen molar-refractivity contribution < 1.29 is 13.5 Å². The van der Waals surface area contributed by atoms with Crippen LogP contribution < -0.4 is 4.72 Å². The number of hydrogen-bond acceptors (Lipinski definition) is 4. The summed E-state index contributed by atoms with van der Waals surface area (Å²) in [5.74, 6) is 0. The number of aromatic nitrogens is 1. The van der Waals surface area contributed by atoms with Gasteiger partial charge in [-0.1, -0.05) is 39.2 Å². The van der Waals surface area contributed by atoms with Crippen LogP contribution in [0.3, 0.4) is 0 Å². The molecule has 6 heteroatoms. The quantitative estimate of drug-likeness (QED) is 0.733. The van der Waals surface area contributed by atoms with E-state index in [0.29, 0.717) is 5.56 Å². The lowest BCUT2D eigenvalue weighted by Crippen LogP contribution is -2.35. The van der Waals surface area contributed by atoms with Crippen molar-refractivity contribution in [2.24, 2.45) is 0 Å². The molecule has 0 aliphatic carbocycles. The highest BCUT2D eigenvalue weighted by atomic mass is 32.2. The third kappa shape index (κ3) is 5.19. The van der Waals surface area contributed by atoms with Gasteiger partial charge in [0.05, 0.1) is 6.61 Å². The van der Waals surface area contributed by atoms with E-state index in [1.54, 1.807) is 6.07 Å². The fraction of sp³-hybridized carbons (Fsp3) is 0.643. The van der Waals surface area contributed by atoms with Gasteiger partial charge in [-0.3, -0.25) is 0 Å². The van der Waals surface area contributed by atoms with Gasteiger partial charge in [-0.05, 0) is 24.5 Å². The van der Waals surface area contributed by atoms with E-state index in [0.717, 1.165) is 32.1 Å². The maximum Gasteiger partial charge on any atom is 0.258 e. The van der Waals surface area contributed by atoms with E-state index in [-0.39, 0.29) is 17.7 Å². The maximum absolute atomic E-state index is 12.2. The Morgan fingerprint density at radius 2 is 2.00 bits per heavy atom. The lowest BCUT2D eigenvalue weighted by atomic mass is 10.1. The summed E-state index contributed by atoms with van der Waals surface area (Å²) in [4.78, 5) is 3.90. The second-order valence-electron chi connectivity index (χ2n) is 4.91. The van der Waals surface area contributed by atoms with Crippen molar-refractivity contribution in [2.75, 3.05) is 0 Å². The maximum atomic E-state index is 12.2. The number of nitrogens with one attached hydrogen (secondary N) is 1. The van der Waals surface area contributed by atoms with Gasteiger partial charge in [-0.25, -0.2) is 18.1 Å². The van der Waals surface area contributed by atoms with Crippen molar-refractivity contribution in [1.29, 1.82) is 0 Å². The number of hydrogen-bond donors (Lipinski definition) is 2. The van der Waals surface area contributed by atoms with Crippen LogP contribution in [0.4, 0.5) is 0 Å². The molecule has 114 valence electrons. The molecule has 1 rings (SSSR count). The Labute approximate surface area is 121 Å². The first-order valence-electron chi connectivity index (χ1n) is 7.11. The Morgan fingerprint density at radius 1 is 1.25 bits per heavy atom. The van der Waals surface area contributed by atoms with E-state index in [1.807, 2.05) is 6.92 Å². The van der Waals surface area contributed by atoms with E-state index in [2.05, 4.69) is 16.6 Å². The van der Waals surface area contributed by atoms with Crippen LogP contribution in [0.5, 0.6) is 0 Å². The van der Waals surface area contributed by atoms with Gasteiger partial charge in [0.15, 0.2) is 5.03 Å². The monoisotopic (exact) mass is 300 g/mol. The van der Waals surface area contributed by atoms with Crippen molar-refractivity contribution in [3.05, 3.63) is 23.9 Å². The molecule has 20 heavy (non-hydrogen) atoms. The summed E-state index contributed by atoms with van der Waals surface area (Å²) in [6.45, 7) is 3.99. The summed E-state index contributed by atoms with van der Waals surface area (Å²) in [7, 11) is -3.58. The normalized spacial score (nSPS) is 13.3. The van der Waals surface area contributed by atoms with Gasteiger partial charge in [0.2, 0.25) is 0 Å². The summed E-state index contributed by atoms with van der Waals surface area (Å²) in [5.41, 5.74) is 0.597. The minimum absolute atomic E-state index is 0.00676. The van der Waals surface area contributed by atoms with Gasteiger partial charge in [0.25, 0.3) is 10.0 Å². The number of sulfonamides is 1. The van der Waals surface area contributed by atoms with Crippen LogP contribution in [0, 0.1) is 0 Å². The highest BCUT2D eigenvalue weighted by Gasteiger charge is 2.20. The molecule has 0 fully saturated rings. The Balaban J connectivity index is 2.79. The largest absolute Gasteiger partial charge is 0.392 e. The molecule has 0 saturated carbocycles. The first kappa shape index (κ1) is 17.1. The highest BCUT2D eigenvalue weighted by molar-refractivity contribution is 7.89. The SMILES string of the molecule is CCCCC(CCC)NS(=O)(=O)c1ccc(CO)cn1. The smallest absolute Gasteiger partial charge is 0.258 e. The molecule has 1 atom stereocenters. The molecule has 0 radical (unpaired) electrons. The van der Waals surface area contributed by atoms with E-state index in [1.165, 1.54) is 12.3 Å². The second kappa shape index (κ2) is 8.34. The molecule has 0 spiro atoms. The predicted molar refractivity (Wildman–Crippen MR) is 78.7 cm³/mol. The first-order chi connectivity index (χ1) is 9.53. The first-order valence-corrected chi connectivity index (χ1v) is 8.60. The zero-order valence-electron chi connectivity index (χ0n) is 12.2. The number of aliphatic hydroxyl groups excluding tert-OH is 1. The summed E-state index contributed by atoms with van der Waals surface area (Å²) < 4.78 is 27.2. The number of aliphatic hydroxyl groups is 1. The van der Waals surface area contributed by atoms with Gasteiger partial charge in [-0.15, -0.1) is 0 Å². The van der Waals surface area contributed by atoms with Crippen LogP contribution in [0.1, 0.15) is 51.5 Å². The Bertz CT molecular complexity index is 486. The molecule has 5 nitrogen and oxygen atoms in total. The van der Waals surface area contributed by atoms with Crippen LogP contribution in [0.15, 0.2) is 23.4 Å². The zero-order valence-corrected chi connectivity index (χ0v) is 13.0. The van der Waals surface area contributed by atoms with Crippen molar-refractivity contribution in [3.63, 3.8) is 0 Å². The second-order valence-corrected chi connectivity index (χ2v) is 6.57. The Hall–Kier alpha value is -0.980. The molecule has 1 aromatic rings. The van der Waals surface area contributed by atoms with Gasteiger partial charge in [0.1, 0.15) is 0 Å². The lowest BCUT2D eigenvalue weighted by Gasteiger charge is -2.17. The van der Waals surface area contributed by atoms with Crippen molar-refractivity contribution >= 4 is 10.0 Å². The third-order valence-corrected chi connectivity index (χ3v) is 4.56. The predicted octanol–water partition coefficient (Wildman–Crippen LogP) is 2.21. The van der Waals surface area contributed by atoms with Gasteiger partial charge in [-0.2, -0.15) is 0 Å². The number of unbranched alkanes of at least 4 members (excludes halogenated alkanes) is 1. The van der Waals surface area contributed by atoms with E-state index >= 15 is 0 Å². The van der Waals surface area contributed by atoms with Crippen molar-refractivity contribution in [3.8, 4) is 0 Å². The van der Waals surface area contributed by atoms with E-state index < -0.39 is 10.0 Å². The fourth-order valence-electron chi connectivity index (χ4n) is 2.00. The topological polar surface area (TPSA) is 79.3 Å². The van der Waals surface area contributed by atoms with Crippen LogP contribution in [-0.4, -0.2) is 24.6 Å². The summed E-state index contributed by atoms with van der Waals surface area (Å²) in [6, 6.07) is 2.96. The molecule has 0 amide bonds. The number of rotatable bonds is 9. The summed E-state index contributed by atoms with van der Waals surface area (Å²) in [6.07, 6.45) is 6.05. The molecule has 0 aromatic carbocycles. The van der Waals surface area contributed by atoms with Crippen LogP contribution in [0.25, 0.3) is 0 Å². The molecular formula is C14H24N2O3S. The molecule has 0 saturated heterocycles. The van der Waals surface area contributed by atoms with Crippen molar-refractivity contribution in [2.45, 2.75) is 63.6 Å². The molecule has 0 bridgehead atoms. The van der Waals surface area contributed by atoms with Crippen LogP contribution >= 0.6 is 0 Å². The van der Waals surface area contributed by atoms with E-state index in [4.69, 9.17) is 5.11 Å². The number of nitrogens with zero attached hydrogens (tertiary/aromatic N) is 1. The lowest BCUT2D eigenvalue weighted by molar-refractivity contribution is 0.281. The van der Waals surface area contributed by atoms with Gasteiger partial charge in [0, 0.05) is 12.2 Å². The zero-order chi connectivity index (χ0) is 15.0. The minimum atomic E-state index is -3.58. The van der Waals surface area contributed by atoms with E-state index in [9.17, 15) is 8.42 Å². The molecule has 1 heterocycles. The van der Waals surface area contributed by atoms with Gasteiger partial charge < -0.3 is 5.11 Å². The average Bonchev–Trinajstić information content (AvgIpc) is 2.45. The fourth-order valence-corrected chi connectivity index (χ4v) is 3.24. The Morgan fingerprint density at radius 3 is 2.50 bits per heavy atom.